The van der Waals surface area contributed by atoms with Crippen molar-refractivity contribution in [2.24, 2.45) is 10.7 Å². The topological polar surface area (TPSA) is 41.6 Å². The smallest absolute Gasteiger partial charge is 0.191 e. The van der Waals surface area contributed by atoms with Crippen molar-refractivity contribution < 1.29 is 4.39 Å². The molecule has 3 rings (SSSR count). The Bertz CT molecular complexity index is 517. The molecule has 0 aromatic heterocycles. The SMILES string of the molecule is I.NC(=NC1CC1c1c(F)cccc1Cl)N1CCSCC1. The summed E-state index contributed by atoms with van der Waals surface area (Å²) in [7, 11) is 0. The largest absolute Gasteiger partial charge is 0.370 e. The number of rotatable bonds is 2. The van der Waals surface area contributed by atoms with Gasteiger partial charge < -0.3 is 10.6 Å². The fourth-order valence-electron chi connectivity index (χ4n) is 2.54. The molecule has 2 aliphatic rings. The van der Waals surface area contributed by atoms with Crippen LogP contribution in [0.25, 0.3) is 0 Å². The van der Waals surface area contributed by atoms with Gasteiger partial charge in [-0.2, -0.15) is 11.8 Å². The molecule has 116 valence electrons. The maximum Gasteiger partial charge on any atom is 0.191 e. The van der Waals surface area contributed by atoms with Gasteiger partial charge in [-0.25, -0.2) is 9.38 Å². The second-order valence-electron chi connectivity index (χ2n) is 5.13. The molecule has 1 heterocycles. The average molecular weight is 442 g/mol. The minimum absolute atomic E-state index is 0. The summed E-state index contributed by atoms with van der Waals surface area (Å²) in [6, 6.07) is 4.87. The highest BCUT2D eigenvalue weighted by molar-refractivity contribution is 14.0. The van der Waals surface area contributed by atoms with Crippen LogP contribution >= 0.6 is 47.3 Å². The molecule has 1 saturated carbocycles. The number of nitrogens with two attached hydrogens (primary N) is 1. The van der Waals surface area contributed by atoms with E-state index in [1.807, 2.05) is 11.8 Å². The van der Waals surface area contributed by atoms with Crippen molar-refractivity contribution in [2.45, 2.75) is 18.4 Å². The zero-order chi connectivity index (χ0) is 14.1. The first-order valence-electron chi connectivity index (χ1n) is 6.76. The number of halogens is 3. The van der Waals surface area contributed by atoms with E-state index in [0.29, 0.717) is 16.5 Å². The molecule has 3 nitrogen and oxygen atoms in total. The molecule has 2 N–H and O–H groups in total. The van der Waals surface area contributed by atoms with E-state index in [1.54, 1.807) is 12.1 Å². The molecule has 0 amide bonds. The first kappa shape index (κ1) is 17.1. The number of benzene rings is 1. The summed E-state index contributed by atoms with van der Waals surface area (Å²) < 4.78 is 13.8. The second kappa shape index (κ2) is 7.37. The third-order valence-electron chi connectivity index (χ3n) is 3.76. The number of hydrogen-bond acceptors (Lipinski definition) is 2. The quantitative estimate of drug-likeness (QED) is 0.435. The normalized spacial score (nSPS) is 25.4. The van der Waals surface area contributed by atoms with Gasteiger partial charge in [0.1, 0.15) is 5.82 Å². The van der Waals surface area contributed by atoms with Gasteiger partial charge in [0, 0.05) is 41.1 Å². The number of thioether (sulfide) groups is 1. The minimum Gasteiger partial charge on any atom is -0.370 e. The molecule has 0 bridgehead atoms. The van der Waals surface area contributed by atoms with E-state index in [4.69, 9.17) is 17.3 Å². The molecule has 1 saturated heterocycles. The number of nitrogens with zero attached hydrogens (tertiary/aromatic N) is 2. The molecule has 2 fully saturated rings. The van der Waals surface area contributed by atoms with E-state index in [9.17, 15) is 4.39 Å². The Morgan fingerprint density at radius 3 is 2.76 bits per heavy atom. The summed E-state index contributed by atoms with van der Waals surface area (Å²) in [6.07, 6.45) is 0.823. The van der Waals surface area contributed by atoms with Crippen LogP contribution in [0.2, 0.25) is 5.02 Å². The lowest BCUT2D eigenvalue weighted by Gasteiger charge is -2.27. The monoisotopic (exact) mass is 441 g/mol. The van der Waals surface area contributed by atoms with E-state index in [1.165, 1.54) is 6.07 Å². The van der Waals surface area contributed by atoms with Crippen LogP contribution in [0.5, 0.6) is 0 Å². The van der Waals surface area contributed by atoms with Crippen molar-refractivity contribution in [1.82, 2.24) is 4.90 Å². The highest BCUT2D eigenvalue weighted by Crippen LogP contribution is 2.47. The Morgan fingerprint density at radius 1 is 1.38 bits per heavy atom. The lowest BCUT2D eigenvalue weighted by atomic mass is 10.1. The van der Waals surface area contributed by atoms with Gasteiger partial charge in [0.05, 0.1) is 6.04 Å². The summed E-state index contributed by atoms with van der Waals surface area (Å²) in [5.41, 5.74) is 6.63. The molecule has 2 atom stereocenters. The summed E-state index contributed by atoms with van der Waals surface area (Å²) in [5.74, 6) is 2.59. The Labute approximate surface area is 150 Å². The maximum absolute atomic E-state index is 13.8. The summed E-state index contributed by atoms with van der Waals surface area (Å²) in [4.78, 5) is 6.64. The molecular formula is C14H18ClFIN3S. The molecule has 1 aromatic rings. The lowest BCUT2D eigenvalue weighted by Crippen LogP contribution is -2.42. The van der Waals surface area contributed by atoms with Gasteiger partial charge in [0.25, 0.3) is 0 Å². The Balaban J connectivity index is 0.00000161. The van der Waals surface area contributed by atoms with Crippen molar-refractivity contribution in [3.63, 3.8) is 0 Å². The third-order valence-corrected chi connectivity index (χ3v) is 5.03. The Morgan fingerprint density at radius 2 is 2.10 bits per heavy atom. The van der Waals surface area contributed by atoms with Crippen molar-refractivity contribution >= 4 is 53.3 Å². The highest BCUT2D eigenvalue weighted by Gasteiger charge is 2.41. The van der Waals surface area contributed by atoms with E-state index in [0.717, 1.165) is 31.0 Å². The van der Waals surface area contributed by atoms with Gasteiger partial charge in [-0.15, -0.1) is 24.0 Å². The van der Waals surface area contributed by atoms with Gasteiger partial charge in [-0.1, -0.05) is 17.7 Å². The maximum atomic E-state index is 13.8. The van der Waals surface area contributed by atoms with Crippen LogP contribution in [0, 0.1) is 5.82 Å². The lowest BCUT2D eigenvalue weighted by molar-refractivity contribution is 0.455. The van der Waals surface area contributed by atoms with Crippen LogP contribution in [0.15, 0.2) is 23.2 Å². The van der Waals surface area contributed by atoms with E-state index >= 15 is 0 Å². The summed E-state index contributed by atoms with van der Waals surface area (Å²) in [5, 5.41) is 0.487. The van der Waals surface area contributed by atoms with Crippen molar-refractivity contribution in [2.75, 3.05) is 24.6 Å². The van der Waals surface area contributed by atoms with Gasteiger partial charge in [-0.3, -0.25) is 0 Å². The molecular weight excluding hydrogens is 424 g/mol. The predicted molar refractivity (Wildman–Crippen MR) is 98.5 cm³/mol. The molecule has 1 aromatic carbocycles. The fourth-order valence-corrected chi connectivity index (χ4v) is 3.75. The molecule has 21 heavy (non-hydrogen) atoms. The van der Waals surface area contributed by atoms with Crippen molar-refractivity contribution in [1.29, 1.82) is 0 Å². The molecule has 0 spiro atoms. The highest BCUT2D eigenvalue weighted by atomic mass is 127. The molecule has 1 aliphatic carbocycles. The van der Waals surface area contributed by atoms with Crippen LogP contribution in [0.1, 0.15) is 17.9 Å². The summed E-state index contributed by atoms with van der Waals surface area (Å²) >= 11 is 8.01. The van der Waals surface area contributed by atoms with Crippen LogP contribution in [-0.2, 0) is 0 Å². The van der Waals surface area contributed by atoms with Crippen LogP contribution in [-0.4, -0.2) is 41.5 Å². The molecule has 0 radical (unpaired) electrons. The standard InChI is InChI=1S/C14H17ClFN3S.HI/c15-10-2-1-3-11(16)13(10)9-8-12(9)18-14(17)19-4-6-20-7-5-19;/h1-3,9,12H,4-8H2,(H2,17,18);1H. The van der Waals surface area contributed by atoms with Crippen molar-refractivity contribution in [3.8, 4) is 0 Å². The van der Waals surface area contributed by atoms with Crippen LogP contribution < -0.4 is 5.73 Å². The predicted octanol–water partition coefficient (Wildman–Crippen LogP) is 3.32. The third kappa shape index (κ3) is 3.96. The minimum atomic E-state index is -0.242. The Hall–Kier alpha value is -0.210. The van der Waals surface area contributed by atoms with E-state index in [2.05, 4.69) is 9.89 Å². The first-order valence-corrected chi connectivity index (χ1v) is 8.30. The second-order valence-corrected chi connectivity index (χ2v) is 6.76. The number of aliphatic imine (C=N–C) groups is 1. The number of guanidine groups is 1. The fraction of sp³-hybridized carbons (Fsp3) is 0.500. The molecule has 2 unspecified atom stereocenters. The van der Waals surface area contributed by atoms with Crippen LogP contribution in [0.3, 0.4) is 0 Å². The molecule has 1 aliphatic heterocycles. The van der Waals surface area contributed by atoms with E-state index in [-0.39, 0.29) is 41.8 Å². The molecule has 7 heteroatoms. The zero-order valence-electron chi connectivity index (χ0n) is 11.5. The summed E-state index contributed by atoms with van der Waals surface area (Å²) in [6.45, 7) is 1.88. The van der Waals surface area contributed by atoms with Gasteiger partial charge in [0.2, 0.25) is 0 Å². The van der Waals surface area contributed by atoms with Crippen LogP contribution in [0.4, 0.5) is 4.39 Å². The van der Waals surface area contributed by atoms with Crippen molar-refractivity contribution in [3.05, 3.63) is 34.6 Å². The first-order chi connectivity index (χ1) is 9.66. The average Bonchev–Trinajstić information content (AvgIpc) is 3.18. The Kier molecular flexibility index (Phi) is 6.02. The zero-order valence-corrected chi connectivity index (χ0v) is 15.4. The van der Waals surface area contributed by atoms with Gasteiger partial charge >= 0.3 is 0 Å². The number of hydrogen-bond donors (Lipinski definition) is 1. The van der Waals surface area contributed by atoms with E-state index < -0.39 is 0 Å². The van der Waals surface area contributed by atoms with Gasteiger partial charge in [-0.05, 0) is 18.6 Å². The van der Waals surface area contributed by atoms with Gasteiger partial charge in [0.15, 0.2) is 5.96 Å².